The zero-order chi connectivity index (χ0) is 20.3. The summed E-state index contributed by atoms with van der Waals surface area (Å²) in [5.41, 5.74) is 2.17. The Bertz CT molecular complexity index is 1010. The molecule has 1 heterocycles. The van der Waals surface area contributed by atoms with E-state index in [1.807, 2.05) is 0 Å². The van der Waals surface area contributed by atoms with Crippen molar-refractivity contribution in [2.45, 2.75) is 13.3 Å². The van der Waals surface area contributed by atoms with E-state index in [0.29, 0.717) is 17.1 Å². The van der Waals surface area contributed by atoms with Crippen LogP contribution in [0.5, 0.6) is 5.75 Å². The number of hydrogen-bond donors (Lipinski definition) is 1. The Balaban J connectivity index is 1.77. The lowest BCUT2D eigenvalue weighted by molar-refractivity contribution is -0.274. The van der Waals surface area contributed by atoms with Crippen LogP contribution in [0.15, 0.2) is 60.4 Å². The molecule has 0 spiro atoms. The van der Waals surface area contributed by atoms with Crippen LogP contribution >= 0.6 is 0 Å². The zero-order valence-corrected chi connectivity index (χ0v) is 14.5. The Kier molecular flexibility index (Phi) is 5.16. The van der Waals surface area contributed by atoms with E-state index in [2.05, 4.69) is 14.8 Å². The molecule has 0 atom stereocenters. The van der Waals surface area contributed by atoms with Gasteiger partial charge in [0.25, 0.3) is 0 Å². The molecule has 6 nitrogen and oxygen atoms in total. The molecule has 0 bridgehead atoms. The van der Waals surface area contributed by atoms with Crippen molar-refractivity contribution >= 4 is 12.0 Å². The minimum absolute atomic E-state index is 0.216. The first-order valence-corrected chi connectivity index (χ1v) is 8.01. The second-order valence-corrected chi connectivity index (χ2v) is 5.81. The molecule has 0 aliphatic carbocycles. The average Bonchev–Trinajstić information content (AvgIpc) is 3.11. The molecule has 0 amide bonds. The summed E-state index contributed by atoms with van der Waals surface area (Å²) in [6.07, 6.45) is -1.76. The van der Waals surface area contributed by atoms with E-state index >= 15 is 0 Å². The Hall–Kier alpha value is -3.62. The van der Waals surface area contributed by atoms with Crippen molar-refractivity contribution in [1.82, 2.24) is 14.8 Å². The number of rotatable bonds is 5. The number of alkyl halides is 3. The smallest absolute Gasteiger partial charge is 0.478 e. The predicted octanol–water partition coefficient (Wildman–Crippen LogP) is 4.32. The number of benzene rings is 2. The van der Waals surface area contributed by atoms with Crippen molar-refractivity contribution in [3.8, 4) is 22.8 Å². The summed E-state index contributed by atoms with van der Waals surface area (Å²) in [5, 5.41) is 13.2. The molecule has 1 N–H and O–H groups in total. The van der Waals surface area contributed by atoms with E-state index in [-0.39, 0.29) is 11.3 Å². The van der Waals surface area contributed by atoms with Crippen molar-refractivity contribution in [3.63, 3.8) is 0 Å². The van der Waals surface area contributed by atoms with Gasteiger partial charge in [-0.1, -0.05) is 24.3 Å². The van der Waals surface area contributed by atoms with Crippen LogP contribution in [-0.4, -0.2) is 32.2 Å². The van der Waals surface area contributed by atoms with Crippen LogP contribution in [0.25, 0.3) is 23.2 Å². The molecule has 3 rings (SSSR count). The Morgan fingerprint density at radius 2 is 1.75 bits per heavy atom. The minimum Gasteiger partial charge on any atom is -0.478 e. The van der Waals surface area contributed by atoms with Gasteiger partial charge in [0.15, 0.2) is 5.82 Å². The first kappa shape index (κ1) is 19.2. The molecule has 0 fully saturated rings. The first-order valence-electron chi connectivity index (χ1n) is 8.01. The van der Waals surface area contributed by atoms with E-state index in [4.69, 9.17) is 5.11 Å². The van der Waals surface area contributed by atoms with Gasteiger partial charge in [0, 0.05) is 11.1 Å². The van der Waals surface area contributed by atoms with Crippen molar-refractivity contribution < 1.29 is 27.8 Å². The molecule has 0 saturated carbocycles. The quantitative estimate of drug-likeness (QED) is 0.658. The number of nitrogens with zero attached hydrogens (tertiary/aromatic N) is 3. The number of aromatic nitrogens is 3. The summed E-state index contributed by atoms with van der Waals surface area (Å²) in [7, 11) is 0. The molecule has 0 radical (unpaired) electrons. The fourth-order valence-electron chi connectivity index (χ4n) is 2.36. The van der Waals surface area contributed by atoms with Crippen LogP contribution in [0.4, 0.5) is 13.2 Å². The van der Waals surface area contributed by atoms with Gasteiger partial charge in [-0.25, -0.2) is 14.5 Å². The molecule has 9 heteroatoms. The third kappa shape index (κ3) is 4.76. The number of aliphatic carboxylic acids is 1. The van der Waals surface area contributed by atoms with Gasteiger partial charge in [0.05, 0.1) is 5.69 Å². The fourth-order valence-corrected chi connectivity index (χ4v) is 2.36. The lowest BCUT2D eigenvalue weighted by Gasteiger charge is -2.09. The van der Waals surface area contributed by atoms with Crippen molar-refractivity contribution in [1.29, 1.82) is 0 Å². The third-order valence-electron chi connectivity index (χ3n) is 3.72. The zero-order valence-electron chi connectivity index (χ0n) is 14.5. The highest BCUT2D eigenvalue weighted by atomic mass is 19.4. The van der Waals surface area contributed by atoms with E-state index < -0.39 is 12.3 Å². The van der Waals surface area contributed by atoms with Gasteiger partial charge in [-0.05, 0) is 42.8 Å². The van der Waals surface area contributed by atoms with Crippen LogP contribution in [0.1, 0.15) is 12.5 Å². The number of hydrogen-bond acceptors (Lipinski definition) is 4. The molecule has 2 aromatic carbocycles. The monoisotopic (exact) mass is 389 g/mol. The van der Waals surface area contributed by atoms with Gasteiger partial charge in [0.1, 0.15) is 12.1 Å². The highest BCUT2D eigenvalue weighted by Gasteiger charge is 2.30. The molecule has 0 unspecified atom stereocenters. The number of carboxylic acid groups (broad SMARTS) is 1. The first-order chi connectivity index (χ1) is 13.2. The number of carbonyl (C=O) groups is 1. The van der Waals surface area contributed by atoms with Crippen LogP contribution < -0.4 is 4.74 Å². The van der Waals surface area contributed by atoms with Gasteiger partial charge >= 0.3 is 12.3 Å². The third-order valence-corrected chi connectivity index (χ3v) is 3.72. The molecular formula is C19H14F3N3O3. The largest absolute Gasteiger partial charge is 0.573 e. The van der Waals surface area contributed by atoms with Crippen molar-refractivity contribution in [2.75, 3.05) is 0 Å². The van der Waals surface area contributed by atoms with E-state index in [1.165, 1.54) is 42.2 Å². The second-order valence-electron chi connectivity index (χ2n) is 5.81. The molecule has 0 aliphatic heterocycles. The Morgan fingerprint density at radius 1 is 1.11 bits per heavy atom. The number of ether oxygens (including phenoxy) is 1. The summed E-state index contributed by atoms with van der Waals surface area (Å²) in [4.78, 5) is 15.1. The SMILES string of the molecule is C/C(=C\c1ccc(-c2ncn(-c3ccc(OC(F)(F)F)cc3)n2)cc1)C(=O)O. The highest BCUT2D eigenvalue weighted by molar-refractivity contribution is 5.91. The lowest BCUT2D eigenvalue weighted by atomic mass is 10.1. The Labute approximate surface area is 157 Å². The maximum atomic E-state index is 12.2. The maximum Gasteiger partial charge on any atom is 0.573 e. The summed E-state index contributed by atoms with van der Waals surface area (Å²) in [5.74, 6) is -0.894. The van der Waals surface area contributed by atoms with E-state index in [9.17, 15) is 18.0 Å². The van der Waals surface area contributed by atoms with Crippen LogP contribution in [-0.2, 0) is 4.79 Å². The number of halogens is 3. The highest BCUT2D eigenvalue weighted by Crippen LogP contribution is 2.24. The van der Waals surface area contributed by atoms with E-state index in [0.717, 1.165) is 5.56 Å². The van der Waals surface area contributed by atoms with E-state index in [1.54, 1.807) is 30.3 Å². The molecule has 3 aromatic rings. The predicted molar refractivity (Wildman–Crippen MR) is 94.8 cm³/mol. The van der Waals surface area contributed by atoms with Crippen LogP contribution in [0, 0.1) is 0 Å². The molecule has 0 saturated heterocycles. The minimum atomic E-state index is -4.74. The summed E-state index contributed by atoms with van der Waals surface area (Å²) >= 11 is 0. The van der Waals surface area contributed by atoms with Gasteiger partial charge in [-0.3, -0.25) is 0 Å². The molecule has 1 aromatic heterocycles. The second kappa shape index (κ2) is 7.55. The summed E-state index contributed by atoms with van der Waals surface area (Å²) in [6, 6.07) is 12.2. The van der Waals surface area contributed by atoms with Crippen LogP contribution in [0.3, 0.4) is 0 Å². The molecule has 144 valence electrons. The average molecular weight is 389 g/mol. The standard InChI is InChI=1S/C19H14F3N3O3/c1-12(18(26)27)10-13-2-4-14(5-3-13)17-23-11-25(24-17)15-6-8-16(9-7-15)28-19(20,21)22/h2-11H,1H3,(H,26,27)/b12-10+. The van der Waals surface area contributed by atoms with Gasteiger partial charge < -0.3 is 9.84 Å². The fraction of sp³-hybridized carbons (Fsp3) is 0.105. The topological polar surface area (TPSA) is 77.2 Å². The summed E-state index contributed by atoms with van der Waals surface area (Å²) < 4.78 is 41.9. The molecule has 28 heavy (non-hydrogen) atoms. The van der Waals surface area contributed by atoms with Gasteiger partial charge in [-0.2, -0.15) is 0 Å². The molecule has 0 aliphatic rings. The van der Waals surface area contributed by atoms with Crippen molar-refractivity contribution in [2.24, 2.45) is 0 Å². The molecular weight excluding hydrogens is 375 g/mol. The van der Waals surface area contributed by atoms with Crippen molar-refractivity contribution in [3.05, 3.63) is 66.0 Å². The normalized spacial score (nSPS) is 12.1. The van der Waals surface area contributed by atoms with Gasteiger partial charge in [-0.15, -0.1) is 18.3 Å². The van der Waals surface area contributed by atoms with Crippen LogP contribution in [0.2, 0.25) is 0 Å². The lowest BCUT2D eigenvalue weighted by Crippen LogP contribution is -2.17. The van der Waals surface area contributed by atoms with Gasteiger partial charge in [0.2, 0.25) is 0 Å². The number of carboxylic acids is 1. The summed E-state index contributed by atoms with van der Waals surface area (Å²) in [6.45, 7) is 1.50. The Morgan fingerprint density at radius 3 is 2.32 bits per heavy atom. The maximum absolute atomic E-state index is 12.2.